The fourth-order valence-corrected chi connectivity index (χ4v) is 2.57. The van der Waals surface area contributed by atoms with E-state index in [9.17, 15) is 4.79 Å². The number of anilines is 1. The van der Waals surface area contributed by atoms with E-state index < -0.39 is 0 Å². The molecule has 126 valence electrons. The number of amides is 2. The number of carbonyl (C=O) groups is 1. The van der Waals surface area contributed by atoms with Crippen molar-refractivity contribution in [2.24, 2.45) is 5.10 Å². The van der Waals surface area contributed by atoms with Gasteiger partial charge in [0.25, 0.3) is 0 Å². The van der Waals surface area contributed by atoms with Gasteiger partial charge in [-0.3, -0.25) is 0 Å². The molecule has 0 spiro atoms. The first-order valence-electron chi connectivity index (χ1n) is 8.04. The summed E-state index contributed by atoms with van der Waals surface area (Å²) in [6.45, 7) is 4.00. The molecule has 5 heteroatoms. The highest BCUT2D eigenvalue weighted by Gasteiger charge is 2.05. The Kier molecular flexibility index (Phi) is 4.95. The number of hydrogen-bond donors (Lipinski definition) is 2. The van der Waals surface area contributed by atoms with Crippen LogP contribution >= 0.6 is 0 Å². The highest BCUT2D eigenvalue weighted by atomic mass is 16.2. The summed E-state index contributed by atoms with van der Waals surface area (Å²) in [5, 5.41) is 6.82. The summed E-state index contributed by atoms with van der Waals surface area (Å²) >= 11 is 0. The van der Waals surface area contributed by atoms with Gasteiger partial charge in [0, 0.05) is 17.6 Å². The first-order valence-corrected chi connectivity index (χ1v) is 8.04. The molecule has 2 N–H and O–H groups in total. The highest BCUT2D eigenvalue weighted by molar-refractivity contribution is 5.91. The van der Waals surface area contributed by atoms with Gasteiger partial charge in [0.2, 0.25) is 0 Å². The van der Waals surface area contributed by atoms with Crippen LogP contribution in [0.3, 0.4) is 0 Å². The van der Waals surface area contributed by atoms with Gasteiger partial charge in [-0.15, -0.1) is 0 Å². The zero-order valence-electron chi connectivity index (χ0n) is 14.2. The van der Waals surface area contributed by atoms with Crippen LogP contribution in [0.4, 0.5) is 10.5 Å². The SMILES string of the molecule is Cc1ccccc1NC(=O)NN=Cc1cccn1-c1ccccc1C. The second-order valence-corrected chi connectivity index (χ2v) is 5.73. The van der Waals surface area contributed by atoms with Crippen molar-refractivity contribution in [3.63, 3.8) is 0 Å². The molecular formula is C20H20N4O. The summed E-state index contributed by atoms with van der Waals surface area (Å²) in [5.74, 6) is 0. The average molecular weight is 332 g/mol. The van der Waals surface area contributed by atoms with E-state index in [1.807, 2.05) is 72.3 Å². The minimum absolute atomic E-state index is 0.375. The van der Waals surface area contributed by atoms with Gasteiger partial charge in [-0.25, -0.2) is 10.2 Å². The predicted molar refractivity (Wildman–Crippen MR) is 101 cm³/mol. The van der Waals surface area contributed by atoms with Gasteiger partial charge in [0.15, 0.2) is 0 Å². The van der Waals surface area contributed by atoms with Crippen LogP contribution in [0.1, 0.15) is 16.8 Å². The molecule has 0 bridgehead atoms. The number of aromatic nitrogens is 1. The van der Waals surface area contributed by atoms with Gasteiger partial charge in [0.1, 0.15) is 0 Å². The van der Waals surface area contributed by atoms with Gasteiger partial charge in [0.05, 0.1) is 11.9 Å². The van der Waals surface area contributed by atoms with Gasteiger partial charge in [-0.1, -0.05) is 36.4 Å². The Hall–Kier alpha value is -3.34. The summed E-state index contributed by atoms with van der Waals surface area (Å²) < 4.78 is 2.03. The lowest BCUT2D eigenvalue weighted by molar-refractivity contribution is 0.252. The van der Waals surface area contributed by atoms with E-state index in [0.717, 1.165) is 22.6 Å². The fraction of sp³-hybridized carbons (Fsp3) is 0.100. The zero-order chi connectivity index (χ0) is 17.6. The van der Waals surface area contributed by atoms with Crippen molar-refractivity contribution in [2.75, 3.05) is 5.32 Å². The van der Waals surface area contributed by atoms with Crippen molar-refractivity contribution in [1.82, 2.24) is 9.99 Å². The lowest BCUT2D eigenvalue weighted by Crippen LogP contribution is -2.24. The van der Waals surface area contributed by atoms with Crippen molar-refractivity contribution in [3.05, 3.63) is 83.7 Å². The van der Waals surface area contributed by atoms with Crippen molar-refractivity contribution in [2.45, 2.75) is 13.8 Å². The number of para-hydroxylation sites is 2. The van der Waals surface area contributed by atoms with Crippen molar-refractivity contribution >= 4 is 17.9 Å². The summed E-state index contributed by atoms with van der Waals surface area (Å²) in [6.07, 6.45) is 3.60. The number of rotatable bonds is 4. The van der Waals surface area contributed by atoms with E-state index in [2.05, 4.69) is 28.8 Å². The molecule has 0 radical (unpaired) electrons. The smallest absolute Gasteiger partial charge is 0.315 e. The van der Waals surface area contributed by atoms with Gasteiger partial charge in [-0.2, -0.15) is 5.10 Å². The molecule has 0 saturated heterocycles. The molecular weight excluding hydrogens is 312 g/mol. The number of aryl methyl sites for hydroxylation is 2. The van der Waals surface area contributed by atoms with Crippen LogP contribution in [0.5, 0.6) is 0 Å². The summed E-state index contributed by atoms with van der Waals surface area (Å²) in [5.41, 5.74) is 7.38. The van der Waals surface area contributed by atoms with E-state index >= 15 is 0 Å². The molecule has 0 saturated carbocycles. The first-order chi connectivity index (χ1) is 12.1. The molecule has 0 fully saturated rings. The van der Waals surface area contributed by atoms with E-state index in [1.54, 1.807) is 6.21 Å². The Bertz CT molecular complexity index is 911. The third kappa shape index (κ3) is 3.95. The molecule has 0 unspecified atom stereocenters. The summed E-state index contributed by atoms with van der Waals surface area (Å²) in [7, 11) is 0. The Morgan fingerprint density at radius 2 is 1.68 bits per heavy atom. The number of urea groups is 1. The molecule has 2 amide bonds. The van der Waals surface area contributed by atoms with Crippen LogP contribution in [0, 0.1) is 13.8 Å². The number of nitrogens with one attached hydrogen (secondary N) is 2. The molecule has 0 aliphatic heterocycles. The predicted octanol–water partition coefficient (Wildman–Crippen LogP) is 4.25. The van der Waals surface area contributed by atoms with E-state index in [-0.39, 0.29) is 6.03 Å². The maximum absolute atomic E-state index is 12.0. The van der Waals surface area contributed by atoms with E-state index in [4.69, 9.17) is 0 Å². The molecule has 25 heavy (non-hydrogen) atoms. The number of carbonyl (C=O) groups excluding carboxylic acids is 1. The normalized spacial score (nSPS) is 10.8. The van der Waals surface area contributed by atoms with Crippen LogP contribution in [0.15, 0.2) is 72.0 Å². The molecule has 1 aromatic heterocycles. The van der Waals surface area contributed by atoms with Crippen LogP contribution < -0.4 is 10.7 Å². The highest BCUT2D eigenvalue weighted by Crippen LogP contribution is 2.16. The van der Waals surface area contributed by atoms with Gasteiger partial charge >= 0.3 is 6.03 Å². The molecule has 1 heterocycles. The summed E-state index contributed by atoms with van der Waals surface area (Å²) in [6, 6.07) is 19.2. The minimum Gasteiger partial charge on any atom is -0.315 e. The minimum atomic E-state index is -0.375. The van der Waals surface area contributed by atoms with E-state index in [1.165, 1.54) is 5.56 Å². The molecule has 2 aromatic carbocycles. The van der Waals surface area contributed by atoms with Crippen molar-refractivity contribution in [3.8, 4) is 5.69 Å². The van der Waals surface area contributed by atoms with Crippen LogP contribution in [-0.4, -0.2) is 16.8 Å². The molecule has 5 nitrogen and oxygen atoms in total. The Labute approximate surface area is 147 Å². The molecule has 0 atom stereocenters. The average Bonchev–Trinajstić information content (AvgIpc) is 3.06. The molecule has 0 aliphatic carbocycles. The number of hydrogen-bond acceptors (Lipinski definition) is 2. The maximum atomic E-state index is 12.0. The number of benzene rings is 2. The lowest BCUT2D eigenvalue weighted by Gasteiger charge is -2.09. The maximum Gasteiger partial charge on any atom is 0.339 e. The Morgan fingerprint density at radius 3 is 2.44 bits per heavy atom. The monoisotopic (exact) mass is 332 g/mol. The van der Waals surface area contributed by atoms with Gasteiger partial charge in [-0.05, 0) is 49.2 Å². The largest absolute Gasteiger partial charge is 0.339 e. The van der Waals surface area contributed by atoms with Gasteiger partial charge < -0.3 is 9.88 Å². The Morgan fingerprint density at radius 1 is 0.960 bits per heavy atom. The number of nitrogens with zero attached hydrogens (tertiary/aromatic N) is 2. The third-order valence-electron chi connectivity index (χ3n) is 3.91. The molecule has 0 aliphatic rings. The summed E-state index contributed by atoms with van der Waals surface area (Å²) in [4.78, 5) is 12.0. The molecule has 3 rings (SSSR count). The topological polar surface area (TPSA) is 58.4 Å². The lowest BCUT2D eigenvalue weighted by atomic mass is 10.2. The zero-order valence-corrected chi connectivity index (χ0v) is 14.2. The first kappa shape index (κ1) is 16.5. The second-order valence-electron chi connectivity index (χ2n) is 5.73. The number of hydrazone groups is 1. The molecule has 3 aromatic rings. The third-order valence-corrected chi connectivity index (χ3v) is 3.91. The van der Waals surface area contributed by atoms with E-state index in [0.29, 0.717) is 0 Å². The van der Waals surface area contributed by atoms with Crippen molar-refractivity contribution < 1.29 is 4.79 Å². The quantitative estimate of drug-likeness (QED) is 0.544. The van der Waals surface area contributed by atoms with Crippen LogP contribution in [-0.2, 0) is 0 Å². The van der Waals surface area contributed by atoms with Crippen LogP contribution in [0.2, 0.25) is 0 Å². The fourth-order valence-electron chi connectivity index (χ4n) is 2.57. The standard InChI is InChI=1S/C20H20N4O/c1-15-8-3-5-11-18(15)22-20(25)23-21-14-17-10-7-13-24(17)19-12-6-4-9-16(19)2/h3-14H,1-2H3,(H2,22,23,25). The van der Waals surface area contributed by atoms with Crippen molar-refractivity contribution in [1.29, 1.82) is 0 Å². The Balaban J connectivity index is 1.68. The second kappa shape index (κ2) is 7.49. The van der Waals surface area contributed by atoms with Crippen LogP contribution in [0.25, 0.3) is 5.69 Å².